The van der Waals surface area contributed by atoms with Gasteiger partial charge in [0.2, 0.25) is 0 Å². The van der Waals surface area contributed by atoms with E-state index in [1.807, 2.05) is 45.0 Å². The van der Waals surface area contributed by atoms with Gasteiger partial charge >= 0.3 is 6.09 Å². The van der Waals surface area contributed by atoms with Crippen molar-refractivity contribution in [3.8, 4) is 5.75 Å². The van der Waals surface area contributed by atoms with E-state index in [0.717, 1.165) is 12.2 Å². The van der Waals surface area contributed by atoms with Gasteiger partial charge in [-0.25, -0.2) is 4.79 Å². The zero-order valence-corrected chi connectivity index (χ0v) is 11.9. The Hall–Kier alpha value is -1.71. The number of ether oxygens (including phenoxy) is 1. The van der Waals surface area contributed by atoms with Gasteiger partial charge in [-0.05, 0) is 44.9 Å². The van der Waals surface area contributed by atoms with Crippen molar-refractivity contribution in [3.63, 3.8) is 0 Å². The van der Waals surface area contributed by atoms with Crippen molar-refractivity contribution >= 4 is 6.09 Å². The Morgan fingerprint density at radius 1 is 1.32 bits per heavy atom. The molecular weight excluding hydrogens is 242 g/mol. The van der Waals surface area contributed by atoms with Crippen molar-refractivity contribution in [2.45, 2.75) is 44.7 Å². The minimum atomic E-state index is -0.839. The van der Waals surface area contributed by atoms with Gasteiger partial charge in [0.1, 0.15) is 5.75 Å². The lowest BCUT2D eigenvalue weighted by atomic mass is 10.1. The highest BCUT2D eigenvalue weighted by atomic mass is 16.5. The van der Waals surface area contributed by atoms with E-state index in [4.69, 9.17) is 4.74 Å². The normalized spacial score (nSPS) is 21.9. The second kappa shape index (κ2) is 4.76. The molecule has 0 aliphatic heterocycles. The first-order valence-corrected chi connectivity index (χ1v) is 6.51. The molecule has 0 heterocycles. The first-order valence-electron chi connectivity index (χ1n) is 6.51. The minimum absolute atomic E-state index is 0.0888. The van der Waals surface area contributed by atoms with E-state index in [0.29, 0.717) is 5.92 Å². The van der Waals surface area contributed by atoms with Gasteiger partial charge < -0.3 is 9.84 Å². The summed E-state index contributed by atoms with van der Waals surface area (Å²) in [5.41, 5.74) is 0.818. The fourth-order valence-electron chi connectivity index (χ4n) is 2.60. The number of benzene rings is 1. The van der Waals surface area contributed by atoms with E-state index in [9.17, 15) is 9.90 Å². The molecule has 1 aromatic carbocycles. The molecule has 1 aliphatic carbocycles. The van der Waals surface area contributed by atoms with Crippen LogP contribution in [0.2, 0.25) is 0 Å². The molecule has 0 spiro atoms. The molecular formula is C15H21NO3. The molecule has 1 N–H and O–H groups in total. The smallest absolute Gasteiger partial charge is 0.408 e. The largest absolute Gasteiger partial charge is 0.497 e. The summed E-state index contributed by atoms with van der Waals surface area (Å²) in [5, 5.41) is 9.37. The van der Waals surface area contributed by atoms with Crippen LogP contribution in [0.25, 0.3) is 0 Å². The van der Waals surface area contributed by atoms with Gasteiger partial charge in [0.05, 0.1) is 7.11 Å². The summed E-state index contributed by atoms with van der Waals surface area (Å²) in [6.45, 7) is 5.81. The van der Waals surface area contributed by atoms with Gasteiger partial charge in [-0.1, -0.05) is 12.1 Å². The molecule has 2 rings (SSSR count). The van der Waals surface area contributed by atoms with E-state index < -0.39 is 6.09 Å². The summed E-state index contributed by atoms with van der Waals surface area (Å²) in [4.78, 5) is 13.0. The van der Waals surface area contributed by atoms with E-state index >= 15 is 0 Å². The molecule has 0 radical (unpaired) electrons. The van der Waals surface area contributed by atoms with Crippen LogP contribution in [0.3, 0.4) is 0 Å². The van der Waals surface area contributed by atoms with Crippen LogP contribution in [0, 0.1) is 0 Å². The summed E-state index contributed by atoms with van der Waals surface area (Å²) >= 11 is 0. The lowest BCUT2D eigenvalue weighted by molar-refractivity contribution is 0.0940. The molecule has 19 heavy (non-hydrogen) atoms. The molecule has 4 heteroatoms. The van der Waals surface area contributed by atoms with Crippen LogP contribution in [0.15, 0.2) is 24.3 Å². The first kappa shape index (κ1) is 13.7. The lowest BCUT2D eigenvalue weighted by Gasteiger charge is -2.33. The predicted octanol–water partition coefficient (Wildman–Crippen LogP) is 3.33. The number of carbonyl (C=O) groups is 1. The van der Waals surface area contributed by atoms with Crippen LogP contribution in [0.5, 0.6) is 5.75 Å². The lowest BCUT2D eigenvalue weighted by Crippen LogP contribution is -2.46. The van der Waals surface area contributed by atoms with Gasteiger partial charge in [-0.2, -0.15) is 0 Å². The molecule has 1 aliphatic rings. The third-order valence-electron chi connectivity index (χ3n) is 3.56. The van der Waals surface area contributed by atoms with Crippen LogP contribution in [0.1, 0.15) is 38.7 Å². The maximum Gasteiger partial charge on any atom is 0.408 e. The van der Waals surface area contributed by atoms with Crippen LogP contribution >= 0.6 is 0 Å². The highest BCUT2D eigenvalue weighted by molar-refractivity contribution is 5.67. The number of methoxy groups -OCH3 is 1. The molecule has 4 nitrogen and oxygen atoms in total. The quantitative estimate of drug-likeness (QED) is 0.910. The van der Waals surface area contributed by atoms with E-state index in [2.05, 4.69) is 0 Å². The monoisotopic (exact) mass is 263 g/mol. The fourth-order valence-corrected chi connectivity index (χ4v) is 2.60. The topological polar surface area (TPSA) is 49.8 Å². The van der Waals surface area contributed by atoms with Gasteiger partial charge in [-0.3, -0.25) is 4.90 Å². The first-order chi connectivity index (χ1) is 8.84. The summed E-state index contributed by atoms with van der Waals surface area (Å²) < 4.78 is 5.13. The third kappa shape index (κ3) is 2.83. The number of carboxylic acid groups (broad SMARTS) is 1. The second-order valence-corrected chi connectivity index (χ2v) is 6.01. The Bertz CT molecular complexity index is 461. The standard InChI is InChI=1S/C15H21NO3/c1-15(2,3)16(14(17)18)13-9-12(13)10-5-7-11(19-4)8-6-10/h5-8,12-13H,9H2,1-4H3,(H,17,18)/t12-,13+/m0/s1. The van der Waals surface area contributed by atoms with Crippen molar-refractivity contribution in [1.82, 2.24) is 4.90 Å². The Kier molecular flexibility index (Phi) is 3.43. The van der Waals surface area contributed by atoms with Crippen LogP contribution in [-0.2, 0) is 0 Å². The van der Waals surface area contributed by atoms with Crippen LogP contribution in [-0.4, -0.2) is 34.8 Å². The summed E-state index contributed by atoms with van der Waals surface area (Å²) in [6.07, 6.45) is 0.0594. The van der Waals surface area contributed by atoms with E-state index in [-0.39, 0.29) is 11.6 Å². The number of amides is 1. The zero-order valence-electron chi connectivity index (χ0n) is 11.9. The molecule has 1 fully saturated rings. The van der Waals surface area contributed by atoms with E-state index in [1.54, 1.807) is 12.0 Å². The molecule has 1 amide bonds. The highest BCUT2D eigenvalue weighted by Gasteiger charge is 2.48. The summed E-state index contributed by atoms with van der Waals surface area (Å²) in [7, 11) is 1.64. The molecule has 0 bridgehead atoms. The molecule has 2 atom stereocenters. The molecule has 0 unspecified atom stereocenters. The third-order valence-corrected chi connectivity index (χ3v) is 3.56. The Balaban J connectivity index is 2.12. The van der Waals surface area contributed by atoms with Gasteiger partial charge in [0.25, 0.3) is 0 Å². The predicted molar refractivity (Wildman–Crippen MR) is 73.8 cm³/mol. The minimum Gasteiger partial charge on any atom is -0.497 e. The van der Waals surface area contributed by atoms with Crippen molar-refractivity contribution in [2.75, 3.05) is 7.11 Å². The number of hydrogen-bond donors (Lipinski definition) is 1. The van der Waals surface area contributed by atoms with Crippen LogP contribution in [0.4, 0.5) is 4.79 Å². The molecule has 1 aromatic rings. The number of hydrogen-bond acceptors (Lipinski definition) is 2. The zero-order chi connectivity index (χ0) is 14.2. The average molecular weight is 263 g/mol. The molecule has 0 saturated heterocycles. The van der Waals surface area contributed by atoms with Crippen molar-refractivity contribution < 1.29 is 14.6 Å². The number of rotatable bonds is 3. The average Bonchev–Trinajstić information content (AvgIpc) is 3.06. The molecule has 0 aromatic heterocycles. The van der Waals surface area contributed by atoms with E-state index in [1.165, 1.54) is 5.56 Å². The van der Waals surface area contributed by atoms with Crippen molar-refractivity contribution in [1.29, 1.82) is 0 Å². The van der Waals surface area contributed by atoms with Crippen molar-refractivity contribution in [3.05, 3.63) is 29.8 Å². The maximum atomic E-state index is 11.4. The Morgan fingerprint density at radius 2 is 1.89 bits per heavy atom. The van der Waals surface area contributed by atoms with Gasteiger partial charge in [0, 0.05) is 17.5 Å². The Labute approximate surface area is 114 Å². The Morgan fingerprint density at radius 3 is 2.32 bits per heavy atom. The fraction of sp³-hybridized carbons (Fsp3) is 0.533. The maximum absolute atomic E-state index is 11.4. The highest BCUT2D eigenvalue weighted by Crippen LogP contribution is 2.47. The number of nitrogens with zero attached hydrogens (tertiary/aromatic N) is 1. The van der Waals surface area contributed by atoms with Gasteiger partial charge in [0.15, 0.2) is 0 Å². The summed E-state index contributed by atoms with van der Waals surface area (Å²) in [5.74, 6) is 1.13. The SMILES string of the molecule is COc1ccc([C@@H]2C[C@H]2N(C(=O)O)C(C)(C)C)cc1. The van der Waals surface area contributed by atoms with Crippen LogP contribution < -0.4 is 4.74 Å². The van der Waals surface area contributed by atoms with Gasteiger partial charge in [-0.15, -0.1) is 0 Å². The molecule has 104 valence electrons. The second-order valence-electron chi connectivity index (χ2n) is 6.01. The van der Waals surface area contributed by atoms with Crippen molar-refractivity contribution in [2.24, 2.45) is 0 Å². The molecule has 1 saturated carbocycles. The summed E-state index contributed by atoms with van der Waals surface area (Å²) in [6, 6.07) is 7.98.